The first-order valence-corrected chi connectivity index (χ1v) is 17.6. The molecule has 3 N–H and O–H groups in total. The van der Waals surface area contributed by atoms with E-state index in [-0.39, 0.29) is 38.1 Å². The molecule has 5 aliphatic rings. The Morgan fingerprint density at radius 1 is 1.28 bits per heavy atom. The number of esters is 2. The number of nitrogens with one attached hydrogen (secondary N) is 2. The van der Waals surface area contributed by atoms with Gasteiger partial charge in [-0.3, -0.25) is 19.2 Å². The highest BCUT2D eigenvalue weighted by Crippen LogP contribution is 2.77. The van der Waals surface area contributed by atoms with Crippen molar-refractivity contribution in [2.75, 3.05) is 20.2 Å². The van der Waals surface area contributed by atoms with Crippen LogP contribution >= 0.6 is 34.8 Å². The zero-order chi connectivity index (χ0) is 33.9. The van der Waals surface area contributed by atoms with Crippen molar-refractivity contribution in [1.82, 2.24) is 10.0 Å². The number of Topliss-reactive ketones (excluding diaryl/α,β-unsaturated/α-hetero) is 1. The van der Waals surface area contributed by atoms with Crippen molar-refractivity contribution in [1.29, 1.82) is 0 Å². The largest absolute Gasteiger partial charge is 0.469 e. The van der Waals surface area contributed by atoms with E-state index in [4.69, 9.17) is 54.9 Å². The van der Waals surface area contributed by atoms with Gasteiger partial charge in [0.25, 0.3) is 0 Å². The maximum absolute atomic E-state index is 13.9. The predicted octanol–water partition coefficient (Wildman–Crippen LogP) is 2.28. The number of aliphatic hydroxyl groups is 1. The standard InChI is InChI=1S/C30H37Cl3N2O10S/c1-4-5-6-7-12-34-21(38)13-20(30(31,32)33)45-46(41,42)35-16-27-10-8-17-28(15-27,14-19(27)37)22(24(39)43-3)23-26(2)18(36)9-11-29(17,23)44-25(26)40/h1,9,11,17-18,20,22-23,35-36H,5-8,10,12-16H2,2-3H3,(H,34,38)/t17-,18+,20-,22-,23?,26-,27+,28-,29-/m1/s1. The molecule has 46 heavy (non-hydrogen) atoms. The van der Waals surface area contributed by atoms with Crippen molar-refractivity contribution < 1.29 is 46.4 Å². The van der Waals surface area contributed by atoms with Crippen LogP contribution in [-0.2, 0) is 43.1 Å². The summed E-state index contributed by atoms with van der Waals surface area (Å²) in [4.78, 5) is 53.0. The molecular formula is C30H37Cl3N2O10S. The molecule has 1 aliphatic heterocycles. The summed E-state index contributed by atoms with van der Waals surface area (Å²) in [5, 5.41) is 13.5. The van der Waals surface area contributed by atoms with Gasteiger partial charge in [-0.15, -0.1) is 12.3 Å². The highest BCUT2D eigenvalue weighted by molar-refractivity contribution is 7.84. The number of fused-ring (bicyclic) bond motifs is 1. The Kier molecular flexibility index (Phi) is 9.38. The molecule has 16 heteroatoms. The third-order valence-corrected chi connectivity index (χ3v) is 12.7. The highest BCUT2D eigenvalue weighted by Gasteiger charge is 2.84. The zero-order valence-electron chi connectivity index (χ0n) is 25.4. The van der Waals surface area contributed by atoms with Gasteiger partial charge in [0.15, 0.2) is 0 Å². The van der Waals surface area contributed by atoms with E-state index in [9.17, 15) is 32.7 Å². The van der Waals surface area contributed by atoms with Crippen molar-refractivity contribution in [3.63, 3.8) is 0 Å². The van der Waals surface area contributed by atoms with Gasteiger partial charge < -0.3 is 19.9 Å². The number of unbranched alkanes of at least 4 members (excludes halogenated alkanes) is 2. The van der Waals surface area contributed by atoms with Gasteiger partial charge in [-0.2, -0.15) is 13.1 Å². The second kappa shape index (κ2) is 12.2. The molecule has 254 valence electrons. The summed E-state index contributed by atoms with van der Waals surface area (Å²) in [6.07, 6.45) is 7.33. The Labute approximate surface area is 282 Å². The van der Waals surface area contributed by atoms with Gasteiger partial charge in [0.05, 0.1) is 25.6 Å². The number of carbonyl (C=O) groups is 4. The number of amides is 1. The Morgan fingerprint density at radius 2 is 2.00 bits per heavy atom. The maximum Gasteiger partial charge on any atom is 0.336 e. The molecule has 4 fully saturated rings. The Balaban J connectivity index is 1.34. The average Bonchev–Trinajstić information content (AvgIpc) is 3.42. The first-order chi connectivity index (χ1) is 21.4. The Hall–Kier alpha value is -1.92. The molecule has 1 heterocycles. The molecule has 9 atom stereocenters. The normalized spacial score (nSPS) is 38.0. The minimum atomic E-state index is -4.67. The SMILES string of the molecule is C#CCCCCNC(=O)C[C@@H](OS(=O)(=O)NC[C@@]12CC[C@@H]3[C@@](CC1=O)(C2)[C@@H](C(=O)OC)C1[C@@]32C=C[C@H](O)[C@@]1(C)C(=O)O2)C(Cl)(Cl)Cl. The van der Waals surface area contributed by atoms with Crippen LogP contribution in [0.3, 0.4) is 0 Å². The van der Waals surface area contributed by atoms with Crippen LogP contribution < -0.4 is 10.0 Å². The lowest BCUT2D eigenvalue weighted by atomic mass is 9.59. The number of terminal acetylenes is 1. The number of rotatable bonds is 12. The van der Waals surface area contributed by atoms with E-state index in [1.165, 1.54) is 13.2 Å². The second-order valence-corrected chi connectivity index (χ2v) is 17.1. The van der Waals surface area contributed by atoms with Gasteiger partial charge in [0, 0.05) is 43.2 Å². The number of halogens is 3. The van der Waals surface area contributed by atoms with Gasteiger partial charge in [0.1, 0.15) is 22.9 Å². The van der Waals surface area contributed by atoms with Crippen LogP contribution in [0.4, 0.5) is 0 Å². The smallest absolute Gasteiger partial charge is 0.336 e. The van der Waals surface area contributed by atoms with Gasteiger partial charge in [-0.1, -0.05) is 40.9 Å². The molecule has 1 spiro atoms. The van der Waals surface area contributed by atoms with Crippen molar-refractivity contribution in [3.8, 4) is 12.3 Å². The number of ether oxygens (including phenoxy) is 2. The molecule has 1 unspecified atom stereocenters. The lowest BCUT2D eigenvalue weighted by molar-refractivity contribution is -0.163. The van der Waals surface area contributed by atoms with Crippen molar-refractivity contribution in [3.05, 3.63) is 12.2 Å². The van der Waals surface area contributed by atoms with E-state index >= 15 is 0 Å². The predicted molar refractivity (Wildman–Crippen MR) is 165 cm³/mol. The van der Waals surface area contributed by atoms with Gasteiger partial charge in [-0.25, -0.2) is 4.18 Å². The zero-order valence-corrected chi connectivity index (χ0v) is 28.4. The lowest BCUT2D eigenvalue weighted by Gasteiger charge is -2.45. The third-order valence-electron chi connectivity index (χ3n) is 10.9. The van der Waals surface area contributed by atoms with Crippen LogP contribution in [0.25, 0.3) is 0 Å². The third kappa shape index (κ3) is 5.55. The summed E-state index contributed by atoms with van der Waals surface area (Å²) < 4.78 is 42.7. The van der Waals surface area contributed by atoms with Crippen LogP contribution in [-0.4, -0.2) is 79.0 Å². The van der Waals surface area contributed by atoms with Crippen molar-refractivity contribution >= 4 is 68.7 Å². The molecule has 0 aromatic heterocycles. The van der Waals surface area contributed by atoms with E-state index in [1.54, 1.807) is 13.0 Å². The summed E-state index contributed by atoms with van der Waals surface area (Å²) in [5.41, 5.74) is -4.90. The summed E-state index contributed by atoms with van der Waals surface area (Å²) in [6.45, 7) is 1.47. The molecule has 0 aromatic rings. The Morgan fingerprint density at radius 3 is 2.65 bits per heavy atom. The molecule has 0 aromatic carbocycles. The first kappa shape index (κ1) is 35.4. The molecule has 3 saturated carbocycles. The summed E-state index contributed by atoms with van der Waals surface area (Å²) in [5.74, 6) is -1.83. The highest BCUT2D eigenvalue weighted by atomic mass is 35.6. The molecule has 1 amide bonds. The fraction of sp³-hybridized carbons (Fsp3) is 0.733. The van der Waals surface area contributed by atoms with Crippen molar-refractivity contribution in [2.24, 2.45) is 34.0 Å². The number of hydrogen-bond acceptors (Lipinski definition) is 10. The van der Waals surface area contributed by atoms with E-state index in [2.05, 4.69) is 16.0 Å². The molecule has 12 nitrogen and oxygen atoms in total. The van der Waals surface area contributed by atoms with E-state index in [0.29, 0.717) is 25.7 Å². The molecule has 0 radical (unpaired) electrons. The minimum Gasteiger partial charge on any atom is -0.469 e. The quantitative estimate of drug-likeness (QED) is 0.0892. The van der Waals surface area contributed by atoms with Gasteiger partial charge in [0.2, 0.25) is 9.70 Å². The second-order valence-electron chi connectivity index (χ2n) is 13.3. The number of carbonyl (C=O) groups excluding carboxylic acids is 4. The summed E-state index contributed by atoms with van der Waals surface area (Å²) >= 11 is 17.9. The van der Waals surface area contributed by atoms with Crippen LogP contribution in [0.15, 0.2) is 12.2 Å². The van der Waals surface area contributed by atoms with Gasteiger partial charge in [-0.05, 0) is 50.5 Å². The van der Waals surface area contributed by atoms with Crippen molar-refractivity contribution in [2.45, 2.75) is 79.9 Å². The maximum atomic E-state index is 13.9. The average molecular weight is 724 g/mol. The van der Waals surface area contributed by atoms with E-state index < -0.39 is 90.2 Å². The van der Waals surface area contributed by atoms with Gasteiger partial charge >= 0.3 is 22.2 Å². The molecule has 1 saturated heterocycles. The van der Waals surface area contributed by atoms with E-state index in [0.717, 1.165) is 0 Å². The lowest BCUT2D eigenvalue weighted by Crippen LogP contribution is -2.51. The Bertz CT molecular complexity index is 1490. The minimum absolute atomic E-state index is 0.0753. The van der Waals surface area contributed by atoms with Crippen LogP contribution in [0.5, 0.6) is 0 Å². The number of hydrogen-bond donors (Lipinski definition) is 3. The molecule has 4 aliphatic carbocycles. The van der Waals surface area contributed by atoms with Crippen LogP contribution in [0.2, 0.25) is 0 Å². The number of alkyl halides is 3. The number of aliphatic hydroxyl groups excluding tert-OH is 1. The number of ketones is 1. The molecule has 4 bridgehead atoms. The molecular weight excluding hydrogens is 687 g/mol. The summed E-state index contributed by atoms with van der Waals surface area (Å²) in [6, 6.07) is 0. The number of methoxy groups -OCH3 is 1. The van der Waals surface area contributed by atoms with Crippen LogP contribution in [0, 0.1) is 46.3 Å². The first-order valence-electron chi connectivity index (χ1n) is 15.1. The van der Waals surface area contributed by atoms with Crippen LogP contribution in [0.1, 0.15) is 58.3 Å². The monoisotopic (exact) mass is 722 g/mol. The fourth-order valence-corrected chi connectivity index (χ4v) is 10.5. The topological polar surface area (TPSA) is 174 Å². The summed E-state index contributed by atoms with van der Waals surface area (Å²) in [7, 11) is -3.45. The fourth-order valence-electron chi connectivity index (χ4n) is 8.91. The van der Waals surface area contributed by atoms with E-state index in [1.807, 2.05) is 0 Å². The molecule has 5 rings (SSSR count).